The van der Waals surface area contributed by atoms with E-state index in [-0.39, 0.29) is 30.1 Å². The number of nitrogens with zero attached hydrogens (tertiary/aromatic N) is 2. The van der Waals surface area contributed by atoms with E-state index in [1.165, 1.54) is 16.2 Å². The maximum absolute atomic E-state index is 11.5. The summed E-state index contributed by atoms with van der Waals surface area (Å²) in [4.78, 5) is 29.5. The van der Waals surface area contributed by atoms with Crippen LogP contribution in [0.1, 0.15) is 32.1 Å². The summed E-state index contributed by atoms with van der Waals surface area (Å²) in [5.74, 6) is -0.169. The van der Waals surface area contributed by atoms with E-state index in [4.69, 9.17) is 0 Å². The highest BCUT2D eigenvalue weighted by Gasteiger charge is 2.31. The Morgan fingerprint density at radius 1 is 1.38 bits per heavy atom. The fourth-order valence-electron chi connectivity index (χ4n) is 1.50. The lowest BCUT2D eigenvalue weighted by atomic mass is 9.96. The predicted octanol–water partition coefficient (Wildman–Crippen LogP) is 1.75. The predicted molar refractivity (Wildman–Crippen MR) is 62.8 cm³/mol. The molecule has 0 N–H and O–H groups in total. The first-order valence-corrected chi connectivity index (χ1v) is 5.98. The van der Waals surface area contributed by atoms with Gasteiger partial charge < -0.3 is 0 Å². The van der Waals surface area contributed by atoms with Crippen molar-refractivity contribution >= 4 is 28.2 Å². The lowest BCUT2D eigenvalue weighted by Gasteiger charge is -2.15. The molecule has 1 saturated heterocycles. The molecular weight excluding hydrogens is 224 g/mol. The van der Waals surface area contributed by atoms with Gasteiger partial charge in [-0.2, -0.15) is 0 Å². The van der Waals surface area contributed by atoms with Crippen LogP contribution in [0, 0.1) is 0 Å². The molecule has 0 saturated carbocycles. The number of thiazole rings is 1. The molecule has 0 atom stereocenters. The summed E-state index contributed by atoms with van der Waals surface area (Å²) in [5.41, 5.74) is 0.0305. The Bertz CT molecular complexity index is 445. The number of Topliss-reactive ketones (excluding diaryl/α,β-unsaturated/α-hetero) is 1. The highest BCUT2D eigenvalue weighted by Crippen LogP contribution is 2.33. The van der Waals surface area contributed by atoms with Gasteiger partial charge in [-0.1, -0.05) is 20.8 Å². The topological polar surface area (TPSA) is 50.3 Å². The summed E-state index contributed by atoms with van der Waals surface area (Å²) in [6, 6.07) is 0. The van der Waals surface area contributed by atoms with Crippen molar-refractivity contribution in [1.29, 1.82) is 0 Å². The number of amides is 1. The second-order valence-electron chi connectivity index (χ2n) is 4.95. The molecule has 1 amide bonds. The number of aromatic nitrogens is 1. The van der Waals surface area contributed by atoms with Crippen molar-refractivity contribution in [1.82, 2.24) is 4.98 Å². The minimum Gasteiger partial charge on any atom is -0.297 e. The van der Waals surface area contributed by atoms with Gasteiger partial charge >= 0.3 is 0 Å². The molecule has 4 nitrogen and oxygen atoms in total. The average Bonchev–Trinajstić information content (AvgIpc) is 2.70. The van der Waals surface area contributed by atoms with Gasteiger partial charge in [0.15, 0.2) is 10.9 Å². The van der Waals surface area contributed by atoms with Crippen molar-refractivity contribution in [3.63, 3.8) is 0 Å². The number of rotatable bonds is 1. The van der Waals surface area contributed by atoms with Crippen LogP contribution in [-0.4, -0.2) is 23.2 Å². The number of carbonyl (C=O) groups excluding carboxylic acids is 2. The Morgan fingerprint density at radius 2 is 2.06 bits per heavy atom. The van der Waals surface area contributed by atoms with E-state index >= 15 is 0 Å². The van der Waals surface area contributed by atoms with Gasteiger partial charge in [-0.05, 0) is 5.41 Å². The molecule has 0 aliphatic carbocycles. The SMILES string of the molecule is CC(C)(C)c1cnc(N2CC(=O)CC2=O)s1. The van der Waals surface area contributed by atoms with Crippen molar-refractivity contribution in [2.45, 2.75) is 32.6 Å². The molecule has 16 heavy (non-hydrogen) atoms. The molecule has 0 spiro atoms. The van der Waals surface area contributed by atoms with Gasteiger partial charge in [0, 0.05) is 11.1 Å². The minimum atomic E-state index is -0.139. The highest BCUT2D eigenvalue weighted by atomic mass is 32.1. The number of carbonyl (C=O) groups is 2. The normalized spacial score (nSPS) is 17.3. The highest BCUT2D eigenvalue weighted by molar-refractivity contribution is 7.16. The van der Waals surface area contributed by atoms with Gasteiger partial charge in [-0.25, -0.2) is 4.98 Å². The first kappa shape index (κ1) is 11.3. The van der Waals surface area contributed by atoms with Gasteiger partial charge in [0.05, 0.1) is 13.0 Å². The van der Waals surface area contributed by atoms with Crippen LogP contribution in [0.3, 0.4) is 0 Å². The van der Waals surface area contributed by atoms with E-state index in [9.17, 15) is 9.59 Å². The second-order valence-corrected chi connectivity index (χ2v) is 5.96. The fourth-order valence-corrected chi connectivity index (χ4v) is 2.49. The van der Waals surface area contributed by atoms with Gasteiger partial charge in [-0.3, -0.25) is 14.5 Å². The van der Waals surface area contributed by atoms with E-state index in [0.717, 1.165) is 4.88 Å². The minimum absolute atomic E-state index is 0.0183. The number of hydrogen-bond acceptors (Lipinski definition) is 4. The largest absolute Gasteiger partial charge is 0.297 e. The quantitative estimate of drug-likeness (QED) is 0.700. The number of ketones is 1. The Balaban J connectivity index is 2.26. The van der Waals surface area contributed by atoms with Crippen LogP contribution in [0.4, 0.5) is 5.13 Å². The Hall–Kier alpha value is -1.23. The Labute approximate surface area is 98.3 Å². The first-order valence-electron chi connectivity index (χ1n) is 5.16. The third-order valence-electron chi connectivity index (χ3n) is 2.45. The fraction of sp³-hybridized carbons (Fsp3) is 0.545. The number of hydrogen-bond donors (Lipinski definition) is 0. The van der Waals surface area contributed by atoms with Crippen LogP contribution < -0.4 is 4.90 Å². The molecule has 5 heteroatoms. The average molecular weight is 238 g/mol. The summed E-state index contributed by atoms with van der Waals surface area (Å²) in [6.45, 7) is 6.47. The molecule has 1 aliphatic heterocycles. The summed E-state index contributed by atoms with van der Waals surface area (Å²) in [5, 5.41) is 0.640. The standard InChI is InChI=1S/C11H14N2O2S/c1-11(2,3)8-5-12-10(16-8)13-6-7(14)4-9(13)15/h5H,4,6H2,1-3H3. The lowest BCUT2D eigenvalue weighted by Crippen LogP contribution is -2.24. The first-order chi connectivity index (χ1) is 7.38. The zero-order valence-electron chi connectivity index (χ0n) is 9.61. The number of anilines is 1. The van der Waals surface area contributed by atoms with Gasteiger partial charge in [0.25, 0.3) is 0 Å². The Kier molecular flexibility index (Phi) is 2.58. The van der Waals surface area contributed by atoms with E-state index in [2.05, 4.69) is 25.8 Å². The molecule has 0 bridgehead atoms. The van der Waals surface area contributed by atoms with Crippen LogP contribution in [0.15, 0.2) is 6.20 Å². The maximum Gasteiger partial charge on any atom is 0.236 e. The molecule has 1 aromatic rings. The van der Waals surface area contributed by atoms with Gasteiger partial charge in [-0.15, -0.1) is 11.3 Å². The van der Waals surface area contributed by atoms with Crippen LogP contribution in [-0.2, 0) is 15.0 Å². The second kappa shape index (κ2) is 3.66. The maximum atomic E-state index is 11.5. The van der Waals surface area contributed by atoms with Crippen LogP contribution in [0.5, 0.6) is 0 Å². The Morgan fingerprint density at radius 3 is 2.50 bits per heavy atom. The van der Waals surface area contributed by atoms with Crippen molar-refractivity contribution < 1.29 is 9.59 Å². The smallest absolute Gasteiger partial charge is 0.236 e. The van der Waals surface area contributed by atoms with Crippen molar-refractivity contribution in [2.24, 2.45) is 0 Å². The molecule has 1 aliphatic rings. The van der Waals surface area contributed by atoms with Gasteiger partial charge in [0.2, 0.25) is 5.91 Å². The van der Waals surface area contributed by atoms with Crippen molar-refractivity contribution in [3.8, 4) is 0 Å². The zero-order valence-corrected chi connectivity index (χ0v) is 10.4. The molecule has 1 aromatic heterocycles. The third-order valence-corrected chi connectivity index (χ3v) is 3.89. The monoisotopic (exact) mass is 238 g/mol. The molecular formula is C11H14N2O2S. The van der Waals surface area contributed by atoms with Crippen LogP contribution >= 0.6 is 11.3 Å². The molecule has 0 unspecified atom stereocenters. The lowest BCUT2D eigenvalue weighted by molar-refractivity contribution is -0.121. The summed E-state index contributed by atoms with van der Waals surface area (Å²) < 4.78 is 0. The molecule has 2 rings (SSSR count). The van der Waals surface area contributed by atoms with E-state index < -0.39 is 0 Å². The van der Waals surface area contributed by atoms with E-state index in [0.29, 0.717) is 5.13 Å². The third kappa shape index (κ3) is 2.00. The molecule has 1 fully saturated rings. The molecule has 0 radical (unpaired) electrons. The summed E-state index contributed by atoms with van der Waals surface area (Å²) in [7, 11) is 0. The van der Waals surface area contributed by atoms with Crippen LogP contribution in [0.25, 0.3) is 0 Å². The molecule has 86 valence electrons. The molecule has 0 aromatic carbocycles. The summed E-state index contributed by atoms with van der Waals surface area (Å²) in [6.07, 6.45) is 1.81. The summed E-state index contributed by atoms with van der Waals surface area (Å²) >= 11 is 1.48. The van der Waals surface area contributed by atoms with Crippen molar-refractivity contribution in [2.75, 3.05) is 11.4 Å². The van der Waals surface area contributed by atoms with E-state index in [1.54, 1.807) is 6.20 Å². The van der Waals surface area contributed by atoms with E-state index in [1.807, 2.05) is 0 Å². The zero-order chi connectivity index (χ0) is 11.9. The molecule has 2 heterocycles. The van der Waals surface area contributed by atoms with Crippen molar-refractivity contribution in [3.05, 3.63) is 11.1 Å². The van der Waals surface area contributed by atoms with Crippen LogP contribution in [0.2, 0.25) is 0 Å². The van der Waals surface area contributed by atoms with Gasteiger partial charge in [0.1, 0.15) is 0 Å².